The first-order valence-corrected chi connectivity index (χ1v) is 10.9. The number of carbonyl (C=O) groups excluding carboxylic acids is 1. The van der Waals surface area contributed by atoms with Crippen LogP contribution >= 0.6 is 0 Å². The molecule has 0 radical (unpaired) electrons. The first-order chi connectivity index (χ1) is 15.4. The summed E-state index contributed by atoms with van der Waals surface area (Å²) < 4.78 is 8.79. The van der Waals surface area contributed by atoms with Crippen LogP contribution in [0.4, 0.5) is 5.69 Å². The van der Waals surface area contributed by atoms with Crippen LogP contribution in [-0.2, 0) is 11.3 Å². The van der Waals surface area contributed by atoms with Crippen molar-refractivity contribution in [2.75, 3.05) is 38.2 Å². The number of morpholine rings is 1. The summed E-state index contributed by atoms with van der Waals surface area (Å²) in [5.74, 6) is -0.415. The molecule has 1 aromatic carbocycles. The lowest BCUT2D eigenvalue weighted by atomic mass is 10.1. The van der Waals surface area contributed by atoms with Gasteiger partial charge in [0.2, 0.25) is 0 Å². The van der Waals surface area contributed by atoms with Gasteiger partial charge in [-0.3, -0.25) is 14.5 Å². The van der Waals surface area contributed by atoms with Gasteiger partial charge in [-0.1, -0.05) is 12.1 Å². The number of nitrogens with zero attached hydrogens (tertiary/aromatic N) is 4. The summed E-state index contributed by atoms with van der Waals surface area (Å²) in [6.07, 6.45) is 1.76. The topological polar surface area (TPSA) is 81.4 Å². The molecule has 1 aliphatic heterocycles. The van der Waals surface area contributed by atoms with E-state index in [4.69, 9.17) is 4.74 Å². The number of carbonyl (C=O) groups is 1. The summed E-state index contributed by atoms with van der Waals surface area (Å²) in [5, 5.41) is 7.46. The zero-order valence-corrected chi connectivity index (χ0v) is 18.8. The molecule has 0 saturated carbocycles. The van der Waals surface area contributed by atoms with Gasteiger partial charge >= 0.3 is 0 Å². The summed E-state index contributed by atoms with van der Waals surface area (Å²) in [5.41, 5.74) is 3.76. The molecule has 2 aromatic heterocycles. The normalized spacial score (nSPS) is 14.5. The van der Waals surface area contributed by atoms with Crippen molar-refractivity contribution in [2.24, 2.45) is 0 Å². The van der Waals surface area contributed by atoms with Crippen molar-refractivity contribution < 1.29 is 9.53 Å². The number of aromatic nitrogens is 3. The standard InChI is InChI=1S/C24H29N5O3/c1-17-8-9-28(11-10-27-12-14-32-15-13-27)24(31)22(17)23(30)25-20-6-4-5-7-21(20)29-19(3)16-18(2)26-29/h4-9,16H,10-15H2,1-3H3,(H,25,30). The molecular formula is C24H29N5O3. The minimum atomic E-state index is -0.415. The van der Waals surface area contributed by atoms with Gasteiger partial charge in [0, 0.05) is 38.1 Å². The highest BCUT2D eigenvalue weighted by Gasteiger charge is 2.19. The maximum atomic E-state index is 13.2. The Morgan fingerprint density at radius 2 is 1.84 bits per heavy atom. The number of para-hydroxylation sites is 2. The third-order valence-corrected chi connectivity index (χ3v) is 5.75. The van der Waals surface area contributed by atoms with Gasteiger partial charge in [0.25, 0.3) is 11.5 Å². The van der Waals surface area contributed by atoms with E-state index in [1.54, 1.807) is 22.4 Å². The van der Waals surface area contributed by atoms with E-state index in [1.807, 2.05) is 50.2 Å². The number of anilines is 1. The molecule has 4 rings (SSSR count). The smallest absolute Gasteiger partial charge is 0.263 e. The largest absolute Gasteiger partial charge is 0.379 e. The molecule has 1 N–H and O–H groups in total. The fourth-order valence-corrected chi connectivity index (χ4v) is 4.01. The average molecular weight is 436 g/mol. The Balaban J connectivity index is 1.58. The molecule has 8 heteroatoms. The van der Waals surface area contributed by atoms with Crippen LogP contribution in [0.25, 0.3) is 5.69 Å². The van der Waals surface area contributed by atoms with Crippen molar-refractivity contribution in [1.82, 2.24) is 19.2 Å². The number of benzene rings is 1. The monoisotopic (exact) mass is 435 g/mol. The lowest BCUT2D eigenvalue weighted by Gasteiger charge is -2.26. The zero-order chi connectivity index (χ0) is 22.7. The van der Waals surface area contributed by atoms with Crippen molar-refractivity contribution >= 4 is 11.6 Å². The molecule has 0 atom stereocenters. The summed E-state index contributed by atoms with van der Waals surface area (Å²) in [4.78, 5) is 28.6. The quantitative estimate of drug-likeness (QED) is 0.644. The van der Waals surface area contributed by atoms with E-state index >= 15 is 0 Å². The molecule has 1 saturated heterocycles. The lowest BCUT2D eigenvalue weighted by Crippen LogP contribution is -2.40. The van der Waals surface area contributed by atoms with Gasteiger partial charge in [-0.15, -0.1) is 0 Å². The molecule has 3 aromatic rings. The van der Waals surface area contributed by atoms with Crippen LogP contribution in [0, 0.1) is 20.8 Å². The lowest BCUT2D eigenvalue weighted by molar-refractivity contribution is 0.0363. The molecule has 1 amide bonds. The third-order valence-electron chi connectivity index (χ3n) is 5.75. The summed E-state index contributed by atoms with van der Waals surface area (Å²) in [6, 6.07) is 11.3. The van der Waals surface area contributed by atoms with Crippen LogP contribution in [0.5, 0.6) is 0 Å². The third kappa shape index (κ3) is 4.66. The van der Waals surface area contributed by atoms with E-state index in [0.29, 0.717) is 31.0 Å². The molecule has 8 nitrogen and oxygen atoms in total. The molecular weight excluding hydrogens is 406 g/mol. The first kappa shape index (κ1) is 22.0. The van der Waals surface area contributed by atoms with E-state index in [-0.39, 0.29) is 11.1 Å². The van der Waals surface area contributed by atoms with Gasteiger partial charge in [0.1, 0.15) is 5.56 Å². The van der Waals surface area contributed by atoms with Gasteiger partial charge in [0.15, 0.2) is 0 Å². The van der Waals surface area contributed by atoms with Crippen LogP contribution in [0.2, 0.25) is 0 Å². The van der Waals surface area contributed by atoms with Gasteiger partial charge in [0.05, 0.1) is 30.3 Å². The zero-order valence-electron chi connectivity index (χ0n) is 18.8. The second kappa shape index (κ2) is 9.50. The molecule has 0 unspecified atom stereocenters. The second-order valence-corrected chi connectivity index (χ2v) is 8.14. The molecule has 1 aliphatic rings. The van der Waals surface area contributed by atoms with Crippen LogP contribution in [0.1, 0.15) is 27.3 Å². The highest BCUT2D eigenvalue weighted by Crippen LogP contribution is 2.22. The molecule has 0 bridgehead atoms. The Morgan fingerprint density at radius 3 is 2.56 bits per heavy atom. The van der Waals surface area contributed by atoms with E-state index in [1.165, 1.54) is 0 Å². The van der Waals surface area contributed by atoms with Crippen molar-refractivity contribution in [3.8, 4) is 5.69 Å². The molecule has 32 heavy (non-hydrogen) atoms. The fraction of sp³-hybridized carbons (Fsp3) is 0.375. The van der Waals surface area contributed by atoms with Gasteiger partial charge in [-0.05, 0) is 50.6 Å². The second-order valence-electron chi connectivity index (χ2n) is 8.14. The SMILES string of the molecule is Cc1cc(C)n(-c2ccccc2NC(=O)c2c(C)ccn(CCN3CCOCC3)c2=O)n1. The first-order valence-electron chi connectivity index (χ1n) is 10.9. The molecule has 168 valence electrons. The van der Waals surface area contributed by atoms with Crippen molar-refractivity contribution in [1.29, 1.82) is 0 Å². The molecule has 3 heterocycles. The molecule has 0 aliphatic carbocycles. The van der Waals surface area contributed by atoms with E-state index in [9.17, 15) is 9.59 Å². The highest BCUT2D eigenvalue weighted by atomic mass is 16.5. The number of aryl methyl sites for hydroxylation is 3. The van der Waals surface area contributed by atoms with Gasteiger partial charge < -0.3 is 14.6 Å². The minimum absolute atomic E-state index is 0.164. The Bertz CT molecular complexity index is 1170. The van der Waals surface area contributed by atoms with Crippen LogP contribution in [0.15, 0.2) is 47.4 Å². The molecule has 0 spiro atoms. The summed E-state index contributed by atoms with van der Waals surface area (Å²) in [7, 11) is 0. The summed E-state index contributed by atoms with van der Waals surface area (Å²) in [6.45, 7) is 10.1. The van der Waals surface area contributed by atoms with E-state index < -0.39 is 5.91 Å². The Labute approximate surface area is 187 Å². The summed E-state index contributed by atoms with van der Waals surface area (Å²) >= 11 is 0. The van der Waals surface area contributed by atoms with Crippen LogP contribution in [0.3, 0.4) is 0 Å². The maximum Gasteiger partial charge on any atom is 0.263 e. The van der Waals surface area contributed by atoms with Crippen molar-refractivity contribution in [2.45, 2.75) is 27.3 Å². The van der Waals surface area contributed by atoms with Crippen molar-refractivity contribution in [3.63, 3.8) is 0 Å². The van der Waals surface area contributed by atoms with Crippen molar-refractivity contribution in [3.05, 3.63) is 75.5 Å². The van der Waals surface area contributed by atoms with Gasteiger partial charge in [-0.2, -0.15) is 5.10 Å². The van der Waals surface area contributed by atoms with Crippen LogP contribution < -0.4 is 10.9 Å². The number of pyridine rings is 1. The minimum Gasteiger partial charge on any atom is -0.379 e. The predicted molar refractivity (Wildman–Crippen MR) is 124 cm³/mol. The van der Waals surface area contributed by atoms with Gasteiger partial charge in [-0.25, -0.2) is 4.68 Å². The maximum absolute atomic E-state index is 13.2. The Hall–Kier alpha value is -3.23. The Morgan fingerprint density at radius 1 is 1.09 bits per heavy atom. The fourth-order valence-electron chi connectivity index (χ4n) is 4.01. The Kier molecular flexibility index (Phi) is 6.53. The number of nitrogens with one attached hydrogen (secondary N) is 1. The number of ether oxygens (including phenoxy) is 1. The number of rotatable bonds is 6. The molecule has 1 fully saturated rings. The predicted octanol–water partition coefficient (Wildman–Crippen LogP) is 2.54. The number of hydrogen-bond donors (Lipinski definition) is 1. The van der Waals surface area contributed by atoms with E-state index in [0.717, 1.165) is 36.7 Å². The highest BCUT2D eigenvalue weighted by molar-refractivity contribution is 6.06. The van der Waals surface area contributed by atoms with E-state index in [2.05, 4.69) is 15.3 Å². The number of hydrogen-bond acceptors (Lipinski definition) is 5. The average Bonchev–Trinajstić information content (AvgIpc) is 3.12. The van der Waals surface area contributed by atoms with Crippen LogP contribution in [-0.4, -0.2) is 58.0 Å². The number of amides is 1.